The van der Waals surface area contributed by atoms with Crippen LogP contribution in [0.2, 0.25) is 0 Å². The van der Waals surface area contributed by atoms with E-state index in [1.54, 1.807) is 7.11 Å². The topological polar surface area (TPSA) is 27.7 Å². The van der Waals surface area contributed by atoms with Crippen molar-refractivity contribution < 1.29 is 13.9 Å². The van der Waals surface area contributed by atoms with Crippen LogP contribution in [0.5, 0.6) is 0 Å². The Morgan fingerprint density at radius 1 is 1.46 bits per heavy atom. The molecule has 4 heteroatoms. The summed E-state index contributed by atoms with van der Waals surface area (Å²) in [7, 11) is 1.23. The average Bonchev–Trinajstić information content (AvgIpc) is 2.04. The Bertz CT molecular complexity index is 136. The summed E-state index contributed by atoms with van der Waals surface area (Å²) in [6.07, 6.45) is 1.13. The van der Waals surface area contributed by atoms with Crippen molar-refractivity contribution in [2.45, 2.75) is 26.0 Å². The van der Waals surface area contributed by atoms with E-state index >= 15 is 0 Å². The molecule has 0 spiro atoms. The number of hydrogen-bond acceptors (Lipinski definition) is 3. The SMILES string of the molecule is CCOC([SiH2]OC)C1(CC)COC1. The van der Waals surface area contributed by atoms with E-state index in [-0.39, 0.29) is 5.41 Å². The molecule has 1 rings (SSSR count). The Balaban J connectivity index is 2.49. The van der Waals surface area contributed by atoms with Gasteiger partial charge in [-0.2, -0.15) is 0 Å². The molecular weight excluding hydrogens is 184 g/mol. The van der Waals surface area contributed by atoms with E-state index in [9.17, 15) is 0 Å². The molecule has 3 nitrogen and oxygen atoms in total. The quantitative estimate of drug-likeness (QED) is 0.590. The Kier molecular flexibility index (Phi) is 4.38. The second-order valence-corrected chi connectivity index (χ2v) is 5.26. The molecular formula is C9H20O3Si. The van der Waals surface area contributed by atoms with Gasteiger partial charge in [0.15, 0.2) is 9.76 Å². The third kappa shape index (κ3) is 2.31. The van der Waals surface area contributed by atoms with Crippen LogP contribution in [0.25, 0.3) is 0 Å². The lowest BCUT2D eigenvalue weighted by molar-refractivity contribution is -0.166. The summed E-state index contributed by atoms with van der Waals surface area (Å²) in [5.74, 6) is 0. The summed E-state index contributed by atoms with van der Waals surface area (Å²) in [5, 5.41) is 0. The first-order valence-corrected chi connectivity index (χ1v) is 6.36. The van der Waals surface area contributed by atoms with Crippen LogP contribution in [-0.4, -0.2) is 42.4 Å². The second kappa shape index (κ2) is 5.10. The maximum atomic E-state index is 5.74. The molecule has 1 unspecified atom stereocenters. The van der Waals surface area contributed by atoms with E-state index in [0.717, 1.165) is 26.2 Å². The molecule has 1 atom stereocenters. The minimum absolute atomic E-state index is 0.276. The largest absolute Gasteiger partial charge is 0.424 e. The van der Waals surface area contributed by atoms with Crippen LogP contribution >= 0.6 is 0 Å². The van der Waals surface area contributed by atoms with Crippen LogP contribution in [0.1, 0.15) is 20.3 Å². The molecule has 1 aliphatic rings. The van der Waals surface area contributed by atoms with Crippen LogP contribution in [0.15, 0.2) is 0 Å². The molecule has 0 N–H and O–H groups in total. The summed E-state index contributed by atoms with van der Waals surface area (Å²) in [6.45, 7) is 6.73. The molecule has 0 aromatic carbocycles. The molecule has 0 aliphatic carbocycles. The Labute approximate surface area is 82.7 Å². The fourth-order valence-corrected chi connectivity index (χ4v) is 3.25. The molecule has 1 saturated heterocycles. The van der Waals surface area contributed by atoms with Crippen molar-refractivity contribution in [2.75, 3.05) is 26.9 Å². The molecule has 0 aromatic rings. The van der Waals surface area contributed by atoms with E-state index < -0.39 is 9.76 Å². The van der Waals surface area contributed by atoms with Crippen LogP contribution in [0, 0.1) is 5.41 Å². The third-order valence-corrected chi connectivity index (χ3v) is 4.59. The second-order valence-electron chi connectivity index (χ2n) is 3.61. The normalized spacial score (nSPS) is 23.3. The summed E-state index contributed by atoms with van der Waals surface area (Å²) in [4.78, 5) is 0. The first-order chi connectivity index (χ1) is 6.29. The van der Waals surface area contributed by atoms with Gasteiger partial charge in [-0.1, -0.05) is 6.92 Å². The summed E-state index contributed by atoms with van der Waals surface area (Å²) < 4.78 is 16.3. The van der Waals surface area contributed by atoms with Crippen molar-refractivity contribution in [1.82, 2.24) is 0 Å². The predicted octanol–water partition coefficient (Wildman–Crippen LogP) is 0.506. The molecule has 1 fully saturated rings. The van der Waals surface area contributed by atoms with Gasteiger partial charge < -0.3 is 13.9 Å². The summed E-state index contributed by atoms with van der Waals surface area (Å²) >= 11 is 0. The third-order valence-electron chi connectivity index (χ3n) is 2.85. The first kappa shape index (κ1) is 11.2. The van der Waals surface area contributed by atoms with Gasteiger partial charge in [0.05, 0.1) is 18.9 Å². The average molecular weight is 204 g/mol. The van der Waals surface area contributed by atoms with Gasteiger partial charge in [-0.15, -0.1) is 0 Å². The first-order valence-electron chi connectivity index (χ1n) is 4.97. The summed E-state index contributed by atoms with van der Waals surface area (Å²) in [5.41, 5.74) is 0.611. The van der Waals surface area contributed by atoms with Gasteiger partial charge in [0.25, 0.3) is 0 Å². The van der Waals surface area contributed by atoms with Gasteiger partial charge in [0.2, 0.25) is 0 Å². The highest BCUT2D eigenvalue weighted by Crippen LogP contribution is 2.36. The lowest BCUT2D eigenvalue weighted by Crippen LogP contribution is -2.54. The van der Waals surface area contributed by atoms with Crippen LogP contribution in [0.4, 0.5) is 0 Å². The number of rotatable bonds is 6. The van der Waals surface area contributed by atoms with Crippen LogP contribution < -0.4 is 0 Å². The van der Waals surface area contributed by atoms with Gasteiger partial charge in [-0.25, -0.2) is 0 Å². The van der Waals surface area contributed by atoms with Crippen LogP contribution in [-0.2, 0) is 13.9 Å². The van der Waals surface area contributed by atoms with Crippen molar-refractivity contribution in [1.29, 1.82) is 0 Å². The van der Waals surface area contributed by atoms with Crippen molar-refractivity contribution in [2.24, 2.45) is 5.41 Å². The molecule has 0 bridgehead atoms. The zero-order valence-corrected chi connectivity index (χ0v) is 10.3. The Hall–Kier alpha value is 0.0969. The van der Waals surface area contributed by atoms with E-state index in [1.165, 1.54) is 0 Å². The standard InChI is InChI=1S/C9H20O3Si/c1-4-9(6-11-7-9)8(12-5-2)13-10-3/h8H,4-7,13H2,1-3H3. The highest BCUT2D eigenvalue weighted by atomic mass is 28.2. The molecule has 0 saturated carbocycles. The zero-order chi connectivity index (χ0) is 9.73. The van der Waals surface area contributed by atoms with Gasteiger partial charge in [0.1, 0.15) is 0 Å². The van der Waals surface area contributed by atoms with Gasteiger partial charge in [0, 0.05) is 19.1 Å². The molecule has 13 heavy (non-hydrogen) atoms. The summed E-state index contributed by atoms with van der Waals surface area (Å²) in [6, 6.07) is 0. The van der Waals surface area contributed by atoms with Gasteiger partial charge in [-0.05, 0) is 13.3 Å². The molecule has 0 amide bonds. The Morgan fingerprint density at radius 2 is 2.15 bits per heavy atom. The van der Waals surface area contributed by atoms with Gasteiger partial charge >= 0.3 is 0 Å². The lowest BCUT2D eigenvalue weighted by Gasteiger charge is -2.45. The monoisotopic (exact) mass is 204 g/mol. The van der Waals surface area contributed by atoms with E-state index in [4.69, 9.17) is 13.9 Å². The smallest absolute Gasteiger partial charge is 0.190 e. The zero-order valence-electron chi connectivity index (χ0n) is 8.84. The fourth-order valence-electron chi connectivity index (χ4n) is 1.74. The predicted molar refractivity (Wildman–Crippen MR) is 54.5 cm³/mol. The van der Waals surface area contributed by atoms with Crippen molar-refractivity contribution >= 4 is 9.76 Å². The fraction of sp³-hybridized carbons (Fsp3) is 1.00. The van der Waals surface area contributed by atoms with Gasteiger partial charge in [-0.3, -0.25) is 0 Å². The van der Waals surface area contributed by atoms with Crippen LogP contribution in [0.3, 0.4) is 0 Å². The number of hydrogen-bond donors (Lipinski definition) is 0. The van der Waals surface area contributed by atoms with E-state index in [1.807, 2.05) is 6.92 Å². The molecule has 1 heterocycles. The molecule has 0 aromatic heterocycles. The highest BCUT2D eigenvalue weighted by Gasteiger charge is 2.45. The minimum atomic E-state index is -0.552. The molecule has 1 aliphatic heterocycles. The lowest BCUT2D eigenvalue weighted by atomic mass is 9.84. The van der Waals surface area contributed by atoms with Crippen molar-refractivity contribution in [3.63, 3.8) is 0 Å². The van der Waals surface area contributed by atoms with Crippen molar-refractivity contribution in [3.05, 3.63) is 0 Å². The highest BCUT2D eigenvalue weighted by molar-refractivity contribution is 6.29. The van der Waals surface area contributed by atoms with E-state index in [0.29, 0.717) is 5.73 Å². The Morgan fingerprint density at radius 3 is 2.46 bits per heavy atom. The maximum absolute atomic E-state index is 5.74. The number of ether oxygens (including phenoxy) is 2. The molecule has 0 radical (unpaired) electrons. The van der Waals surface area contributed by atoms with E-state index in [2.05, 4.69) is 6.92 Å². The maximum Gasteiger partial charge on any atom is 0.190 e. The minimum Gasteiger partial charge on any atom is -0.424 e. The van der Waals surface area contributed by atoms with Crippen molar-refractivity contribution in [3.8, 4) is 0 Å². The molecule has 78 valence electrons.